The van der Waals surface area contributed by atoms with Gasteiger partial charge in [-0.3, -0.25) is 4.79 Å². The van der Waals surface area contributed by atoms with E-state index in [2.05, 4.69) is 0 Å². The van der Waals surface area contributed by atoms with Crippen molar-refractivity contribution < 1.29 is 22.7 Å². The van der Waals surface area contributed by atoms with Crippen LogP contribution in [0.3, 0.4) is 0 Å². The molecule has 1 rings (SSSR count). The standard InChI is InChI=1S/C11H20O5S/c1-8(2)17(13,14)9(3)11(12)16-7-10-5-4-6-15-10/h8-10H,4-7H2,1-3H3/t9-,10+/m0/s1. The number of sulfone groups is 1. The lowest BCUT2D eigenvalue weighted by molar-refractivity contribution is -0.146. The molecule has 0 unspecified atom stereocenters. The van der Waals surface area contributed by atoms with Crippen molar-refractivity contribution in [2.24, 2.45) is 0 Å². The molecule has 2 atom stereocenters. The molecular formula is C11H20O5S. The monoisotopic (exact) mass is 264 g/mol. The van der Waals surface area contributed by atoms with Gasteiger partial charge >= 0.3 is 5.97 Å². The highest BCUT2D eigenvalue weighted by atomic mass is 32.2. The molecule has 0 bridgehead atoms. The average Bonchev–Trinajstić information content (AvgIpc) is 2.77. The fourth-order valence-corrected chi connectivity index (χ4v) is 2.76. The maximum absolute atomic E-state index is 11.7. The van der Waals surface area contributed by atoms with Gasteiger partial charge in [0.2, 0.25) is 0 Å². The second kappa shape index (κ2) is 5.82. The van der Waals surface area contributed by atoms with E-state index >= 15 is 0 Å². The summed E-state index contributed by atoms with van der Waals surface area (Å²) in [6.45, 7) is 5.31. The lowest BCUT2D eigenvalue weighted by Gasteiger charge is -2.16. The van der Waals surface area contributed by atoms with Gasteiger partial charge in [-0.2, -0.15) is 0 Å². The normalized spacial score (nSPS) is 22.7. The molecular weight excluding hydrogens is 244 g/mol. The summed E-state index contributed by atoms with van der Waals surface area (Å²) in [5.74, 6) is -0.686. The van der Waals surface area contributed by atoms with Crippen molar-refractivity contribution in [1.29, 1.82) is 0 Å². The Labute approximate surface area is 102 Å². The largest absolute Gasteiger partial charge is 0.462 e. The second-order valence-electron chi connectivity index (χ2n) is 4.55. The van der Waals surface area contributed by atoms with Crippen molar-refractivity contribution in [2.75, 3.05) is 13.2 Å². The summed E-state index contributed by atoms with van der Waals surface area (Å²) >= 11 is 0. The Bertz CT molecular complexity index is 354. The average molecular weight is 264 g/mol. The third kappa shape index (κ3) is 3.67. The second-order valence-corrected chi connectivity index (χ2v) is 7.37. The smallest absolute Gasteiger partial charge is 0.324 e. The zero-order chi connectivity index (χ0) is 13.1. The predicted molar refractivity (Wildman–Crippen MR) is 63.5 cm³/mol. The van der Waals surface area contributed by atoms with Gasteiger partial charge in [0.25, 0.3) is 0 Å². The lowest BCUT2D eigenvalue weighted by atomic mass is 10.2. The highest BCUT2D eigenvalue weighted by molar-refractivity contribution is 7.93. The molecule has 1 fully saturated rings. The van der Waals surface area contributed by atoms with Crippen LogP contribution in [0.4, 0.5) is 0 Å². The van der Waals surface area contributed by atoms with E-state index in [9.17, 15) is 13.2 Å². The Morgan fingerprint density at radius 3 is 2.53 bits per heavy atom. The first kappa shape index (κ1) is 14.4. The molecule has 0 saturated carbocycles. The molecule has 0 radical (unpaired) electrons. The molecule has 1 heterocycles. The summed E-state index contributed by atoms with van der Waals surface area (Å²) in [6.07, 6.45) is 1.74. The fraction of sp³-hybridized carbons (Fsp3) is 0.909. The molecule has 0 N–H and O–H groups in total. The van der Waals surface area contributed by atoms with E-state index in [-0.39, 0.29) is 12.7 Å². The molecule has 1 saturated heterocycles. The summed E-state index contributed by atoms with van der Waals surface area (Å²) in [7, 11) is -3.44. The first-order valence-corrected chi connectivity index (χ1v) is 7.47. The molecule has 17 heavy (non-hydrogen) atoms. The van der Waals surface area contributed by atoms with Crippen molar-refractivity contribution in [3.63, 3.8) is 0 Å². The van der Waals surface area contributed by atoms with Crippen LogP contribution in [0.1, 0.15) is 33.6 Å². The summed E-state index contributed by atoms with van der Waals surface area (Å²) in [5, 5.41) is -1.68. The summed E-state index contributed by atoms with van der Waals surface area (Å²) in [5.41, 5.74) is 0. The van der Waals surface area contributed by atoms with E-state index in [1.807, 2.05) is 0 Å². The first-order valence-electron chi connectivity index (χ1n) is 5.86. The minimum Gasteiger partial charge on any atom is -0.462 e. The van der Waals surface area contributed by atoms with Crippen LogP contribution in [0.25, 0.3) is 0 Å². The molecule has 0 spiro atoms. The van der Waals surface area contributed by atoms with Gasteiger partial charge in [0.15, 0.2) is 15.1 Å². The fourth-order valence-electron chi connectivity index (χ4n) is 1.61. The van der Waals surface area contributed by atoms with Crippen LogP contribution in [-0.2, 0) is 24.1 Å². The minimum atomic E-state index is -3.44. The van der Waals surface area contributed by atoms with E-state index < -0.39 is 26.3 Å². The van der Waals surface area contributed by atoms with Crippen LogP contribution in [0.2, 0.25) is 0 Å². The molecule has 100 valence electrons. The molecule has 1 aliphatic rings. The van der Waals surface area contributed by atoms with E-state index in [1.165, 1.54) is 6.92 Å². The highest BCUT2D eigenvalue weighted by Crippen LogP contribution is 2.14. The van der Waals surface area contributed by atoms with Crippen molar-refractivity contribution in [3.8, 4) is 0 Å². The number of rotatable bonds is 5. The molecule has 6 heteroatoms. The van der Waals surface area contributed by atoms with Gasteiger partial charge < -0.3 is 9.47 Å². The Morgan fingerprint density at radius 1 is 1.41 bits per heavy atom. The van der Waals surface area contributed by atoms with Crippen molar-refractivity contribution in [3.05, 3.63) is 0 Å². The Balaban J connectivity index is 2.46. The third-order valence-corrected chi connectivity index (χ3v) is 5.41. The first-order chi connectivity index (χ1) is 7.85. The van der Waals surface area contributed by atoms with Gasteiger partial charge in [-0.25, -0.2) is 8.42 Å². The zero-order valence-electron chi connectivity index (χ0n) is 10.5. The third-order valence-electron chi connectivity index (χ3n) is 2.92. The molecule has 0 aromatic heterocycles. The van der Waals surface area contributed by atoms with Crippen LogP contribution in [0, 0.1) is 0 Å². The van der Waals surface area contributed by atoms with Gasteiger partial charge in [0, 0.05) is 6.61 Å². The van der Waals surface area contributed by atoms with Crippen molar-refractivity contribution in [1.82, 2.24) is 0 Å². The van der Waals surface area contributed by atoms with Gasteiger partial charge in [0.1, 0.15) is 6.61 Å². The molecule has 0 aliphatic carbocycles. The van der Waals surface area contributed by atoms with Crippen LogP contribution in [-0.4, -0.2) is 44.2 Å². The van der Waals surface area contributed by atoms with E-state index in [4.69, 9.17) is 9.47 Å². The Kier molecular flexibility index (Phi) is 4.94. The number of carbonyl (C=O) groups excluding carboxylic acids is 1. The van der Waals surface area contributed by atoms with Crippen LogP contribution < -0.4 is 0 Å². The molecule has 0 amide bonds. The maximum atomic E-state index is 11.7. The van der Waals surface area contributed by atoms with Gasteiger partial charge in [0.05, 0.1) is 11.4 Å². The van der Waals surface area contributed by atoms with E-state index in [0.717, 1.165) is 12.8 Å². The maximum Gasteiger partial charge on any atom is 0.324 e. The lowest BCUT2D eigenvalue weighted by Crippen LogP contribution is -2.35. The highest BCUT2D eigenvalue weighted by Gasteiger charge is 2.32. The van der Waals surface area contributed by atoms with Gasteiger partial charge in [-0.05, 0) is 33.6 Å². The number of ether oxygens (including phenoxy) is 2. The summed E-state index contributed by atoms with van der Waals surface area (Å²) < 4.78 is 33.7. The van der Waals surface area contributed by atoms with Crippen LogP contribution in [0.5, 0.6) is 0 Å². The topological polar surface area (TPSA) is 69.7 Å². The molecule has 5 nitrogen and oxygen atoms in total. The molecule has 1 aliphatic heterocycles. The Morgan fingerprint density at radius 2 is 2.06 bits per heavy atom. The Hall–Kier alpha value is -0.620. The number of carbonyl (C=O) groups is 1. The van der Waals surface area contributed by atoms with Crippen molar-refractivity contribution in [2.45, 2.75) is 50.2 Å². The molecule has 0 aromatic rings. The number of hydrogen-bond acceptors (Lipinski definition) is 5. The summed E-state index contributed by atoms with van der Waals surface area (Å²) in [6, 6.07) is 0. The molecule has 0 aromatic carbocycles. The summed E-state index contributed by atoms with van der Waals surface area (Å²) in [4.78, 5) is 11.6. The van der Waals surface area contributed by atoms with Gasteiger partial charge in [-0.1, -0.05) is 0 Å². The van der Waals surface area contributed by atoms with Crippen LogP contribution in [0.15, 0.2) is 0 Å². The SMILES string of the molecule is CC(C)S(=O)(=O)[C@@H](C)C(=O)OC[C@H]1CCCO1. The van der Waals surface area contributed by atoms with E-state index in [1.54, 1.807) is 13.8 Å². The van der Waals surface area contributed by atoms with Crippen LogP contribution >= 0.6 is 0 Å². The van der Waals surface area contributed by atoms with Gasteiger partial charge in [-0.15, -0.1) is 0 Å². The van der Waals surface area contributed by atoms with Crippen molar-refractivity contribution >= 4 is 15.8 Å². The zero-order valence-corrected chi connectivity index (χ0v) is 11.3. The predicted octanol–water partition coefficient (Wildman–Crippen LogP) is 0.920. The van der Waals surface area contributed by atoms with E-state index in [0.29, 0.717) is 6.61 Å². The number of esters is 1. The number of hydrogen-bond donors (Lipinski definition) is 0. The minimum absolute atomic E-state index is 0.0760. The quantitative estimate of drug-likeness (QED) is 0.691.